The average Bonchev–Trinajstić information content (AvgIpc) is 3.41. The number of benzene rings is 1. The van der Waals surface area contributed by atoms with E-state index in [-0.39, 0.29) is 5.69 Å². The highest BCUT2D eigenvalue weighted by Gasteiger charge is 2.47. The summed E-state index contributed by atoms with van der Waals surface area (Å²) >= 11 is 5.86. The van der Waals surface area contributed by atoms with Crippen molar-refractivity contribution in [2.24, 2.45) is 5.73 Å². The second-order valence-electron chi connectivity index (χ2n) is 8.18. The van der Waals surface area contributed by atoms with Gasteiger partial charge < -0.3 is 10.8 Å². The number of nitrogens with one attached hydrogen (secondary N) is 1. The van der Waals surface area contributed by atoms with E-state index in [4.69, 9.17) is 17.3 Å². The van der Waals surface area contributed by atoms with Crippen molar-refractivity contribution in [3.63, 3.8) is 0 Å². The van der Waals surface area contributed by atoms with E-state index in [9.17, 15) is 41.0 Å². The molecule has 1 saturated heterocycles. The van der Waals surface area contributed by atoms with Crippen molar-refractivity contribution in [3.8, 4) is 5.82 Å². The molecule has 3 heterocycles. The van der Waals surface area contributed by atoms with Crippen LogP contribution in [0.3, 0.4) is 0 Å². The molecule has 0 radical (unpaired) electrons. The second kappa shape index (κ2) is 10.3. The summed E-state index contributed by atoms with van der Waals surface area (Å²) in [7, 11) is 0. The van der Waals surface area contributed by atoms with Gasteiger partial charge in [-0.15, -0.1) is 10.6 Å². The lowest BCUT2D eigenvalue weighted by Crippen LogP contribution is -2.44. The third-order valence-electron chi connectivity index (χ3n) is 5.48. The van der Waals surface area contributed by atoms with Crippen molar-refractivity contribution in [1.82, 2.24) is 30.3 Å². The van der Waals surface area contributed by atoms with Crippen LogP contribution in [0.25, 0.3) is 5.82 Å². The standard InChI is InChI=1S/C21H17ClF6N8O3/c22-10-3-5-11(6-4-10)35-13(8-14(37)21(26,27)28)19(39)34(33-35)9-15-31-18(16(29)38)36(32-15)17-12(20(23,24)25)2-1-7-30-17/h1-7,13-14,33,37H,8-9H2,(H2,29,38)/t13?,14-/m0/s1. The lowest BCUT2D eigenvalue weighted by Gasteiger charge is -2.26. The zero-order valence-corrected chi connectivity index (χ0v) is 20.0. The number of aliphatic hydroxyl groups excluding tert-OH is 1. The number of rotatable bonds is 7. The maximum Gasteiger partial charge on any atom is 0.420 e. The van der Waals surface area contributed by atoms with Gasteiger partial charge in [-0.3, -0.25) is 19.6 Å². The summed E-state index contributed by atoms with van der Waals surface area (Å²) in [5, 5.41) is 15.6. The highest BCUT2D eigenvalue weighted by molar-refractivity contribution is 6.30. The molecule has 1 aliphatic heterocycles. The number of hydrazine groups is 2. The van der Waals surface area contributed by atoms with E-state index in [0.717, 1.165) is 22.3 Å². The molecule has 1 aromatic carbocycles. The van der Waals surface area contributed by atoms with Crippen molar-refractivity contribution >= 4 is 29.1 Å². The first kappa shape index (κ1) is 28.1. The van der Waals surface area contributed by atoms with Gasteiger partial charge in [-0.05, 0) is 36.4 Å². The number of halogens is 7. The largest absolute Gasteiger partial charge is 0.420 e. The van der Waals surface area contributed by atoms with Gasteiger partial charge in [0.2, 0.25) is 5.82 Å². The van der Waals surface area contributed by atoms with Gasteiger partial charge in [0.05, 0.1) is 5.69 Å². The number of nitrogens with two attached hydrogens (primary N) is 1. The Morgan fingerprint density at radius 2 is 1.82 bits per heavy atom. The Labute approximate surface area is 219 Å². The normalized spacial score (nSPS) is 17.1. The molecule has 4 N–H and O–H groups in total. The van der Waals surface area contributed by atoms with E-state index in [2.05, 4.69) is 20.6 Å². The predicted octanol–water partition coefficient (Wildman–Crippen LogP) is 2.38. The van der Waals surface area contributed by atoms with Crippen molar-refractivity contribution in [2.75, 3.05) is 5.01 Å². The zero-order chi connectivity index (χ0) is 28.7. The topological polar surface area (TPSA) is 142 Å². The molecule has 2 amide bonds. The number of hydrogen-bond donors (Lipinski definition) is 3. The molecule has 2 atom stereocenters. The first-order valence-electron chi connectivity index (χ1n) is 10.8. The molecular weight excluding hydrogens is 562 g/mol. The number of aliphatic hydroxyl groups is 1. The van der Waals surface area contributed by atoms with E-state index in [1.165, 1.54) is 24.3 Å². The average molecular weight is 579 g/mol. The Kier molecular flexibility index (Phi) is 7.42. The Hall–Kier alpha value is -3.96. The molecule has 11 nitrogen and oxygen atoms in total. The number of alkyl halides is 6. The van der Waals surface area contributed by atoms with Crippen LogP contribution in [-0.2, 0) is 17.5 Å². The summed E-state index contributed by atoms with van der Waals surface area (Å²) < 4.78 is 80.2. The number of primary amides is 1. The van der Waals surface area contributed by atoms with Crippen molar-refractivity contribution < 1.29 is 41.0 Å². The fraction of sp³-hybridized carbons (Fsp3) is 0.286. The van der Waals surface area contributed by atoms with Gasteiger partial charge in [-0.1, -0.05) is 11.6 Å². The summed E-state index contributed by atoms with van der Waals surface area (Å²) in [6.07, 6.45) is -12.8. The smallest absolute Gasteiger partial charge is 0.384 e. The fourth-order valence-corrected chi connectivity index (χ4v) is 3.83. The Morgan fingerprint density at radius 3 is 2.41 bits per heavy atom. The minimum atomic E-state index is -5.02. The Balaban J connectivity index is 1.68. The molecule has 208 valence electrons. The van der Waals surface area contributed by atoms with Crippen molar-refractivity contribution in [1.29, 1.82) is 0 Å². The molecule has 0 saturated carbocycles. The minimum absolute atomic E-state index is 0.203. The number of pyridine rings is 1. The van der Waals surface area contributed by atoms with Crippen LogP contribution < -0.4 is 16.3 Å². The second-order valence-corrected chi connectivity index (χ2v) is 8.62. The lowest BCUT2D eigenvalue weighted by molar-refractivity contribution is -0.206. The number of hydrogen-bond acceptors (Lipinski definition) is 8. The molecule has 0 bridgehead atoms. The number of nitrogens with zero attached hydrogens (tertiary/aromatic N) is 6. The third-order valence-corrected chi connectivity index (χ3v) is 5.74. The quantitative estimate of drug-likeness (QED) is 0.363. The zero-order valence-electron chi connectivity index (χ0n) is 19.3. The van der Waals surface area contributed by atoms with E-state index in [1.54, 1.807) is 0 Å². The van der Waals surface area contributed by atoms with Gasteiger partial charge in [0.25, 0.3) is 11.8 Å². The molecule has 39 heavy (non-hydrogen) atoms. The molecule has 1 fully saturated rings. The van der Waals surface area contributed by atoms with Gasteiger partial charge in [-0.25, -0.2) is 9.97 Å². The maximum absolute atomic E-state index is 13.5. The van der Waals surface area contributed by atoms with E-state index in [1.807, 2.05) is 0 Å². The number of anilines is 1. The van der Waals surface area contributed by atoms with Crippen LogP contribution >= 0.6 is 11.6 Å². The van der Waals surface area contributed by atoms with Crippen LogP contribution in [-0.4, -0.2) is 60.0 Å². The van der Waals surface area contributed by atoms with Gasteiger partial charge in [-0.2, -0.15) is 31.0 Å². The molecule has 1 aliphatic rings. The van der Waals surface area contributed by atoms with Crippen LogP contribution in [0.1, 0.15) is 28.4 Å². The van der Waals surface area contributed by atoms with E-state index in [0.29, 0.717) is 15.8 Å². The fourth-order valence-electron chi connectivity index (χ4n) is 3.70. The molecule has 0 spiro atoms. The molecule has 1 unspecified atom stereocenters. The van der Waals surface area contributed by atoms with Crippen LogP contribution in [0.15, 0.2) is 42.6 Å². The minimum Gasteiger partial charge on any atom is -0.384 e. The van der Waals surface area contributed by atoms with Crippen LogP contribution in [0, 0.1) is 0 Å². The summed E-state index contributed by atoms with van der Waals surface area (Å²) in [6.45, 7) is -0.622. The van der Waals surface area contributed by atoms with E-state index < -0.39 is 72.3 Å². The van der Waals surface area contributed by atoms with Gasteiger partial charge in [0.15, 0.2) is 17.7 Å². The summed E-state index contributed by atoms with van der Waals surface area (Å²) in [5.41, 5.74) is 6.77. The molecule has 4 rings (SSSR count). The lowest BCUT2D eigenvalue weighted by atomic mass is 10.1. The van der Waals surface area contributed by atoms with Gasteiger partial charge in [0.1, 0.15) is 18.2 Å². The van der Waals surface area contributed by atoms with Gasteiger partial charge >= 0.3 is 12.4 Å². The molecule has 18 heteroatoms. The summed E-state index contributed by atoms with van der Waals surface area (Å²) in [5.74, 6) is -4.16. The molecule has 3 aromatic rings. The number of carbonyl (C=O) groups is 2. The SMILES string of the molecule is NC(=O)c1nc(CN2NN(c3ccc(Cl)cc3)C(C[C@H](O)C(F)(F)F)C2=O)nn1-c1ncccc1C(F)(F)F. The number of carbonyl (C=O) groups excluding carboxylic acids is 2. The number of aromatic nitrogens is 4. The van der Waals surface area contributed by atoms with Gasteiger partial charge in [0, 0.05) is 17.6 Å². The van der Waals surface area contributed by atoms with Crippen LogP contribution in [0.5, 0.6) is 0 Å². The highest BCUT2D eigenvalue weighted by Crippen LogP contribution is 2.33. The molecular formula is C21H17ClF6N8O3. The monoisotopic (exact) mass is 578 g/mol. The summed E-state index contributed by atoms with van der Waals surface area (Å²) in [4.78, 5) is 32.5. The predicted molar refractivity (Wildman–Crippen MR) is 121 cm³/mol. The maximum atomic E-state index is 13.5. The van der Waals surface area contributed by atoms with Crippen molar-refractivity contribution in [2.45, 2.75) is 37.5 Å². The Morgan fingerprint density at radius 1 is 1.15 bits per heavy atom. The van der Waals surface area contributed by atoms with Crippen molar-refractivity contribution in [3.05, 3.63) is 64.8 Å². The van der Waals surface area contributed by atoms with E-state index >= 15 is 0 Å². The van der Waals surface area contributed by atoms with Crippen LogP contribution in [0.4, 0.5) is 32.0 Å². The first-order chi connectivity index (χ1) is 18.2. The molecule has 2 aromatic heterocycles. The third kappa shape index (κ3) is 5.89. The molecule has 0 aliphatic carbocycles. The van der Waals surface area contributed by atoms with Crippen LogP contribution in [0.2, 0.25) is 5.02 Å². The highest BCUT2D eigenvalue weighted by atomic mass is 35.5. The Bertz CT molecular complexity index is 1380. The first-order valence-corrected chi connectivity index (χ1v) is 11.2. The summed E-state index contributed by atoms with van der Waals surface area (Å²) in [6, 6.07) is 5.76. The number of amides is 2.